The van der Waals surface area contributed by atoms with Crippen molar-refractivity contribution in [3.05, 3.63) is 48.6 Å². The van der Waals surface area contributed by atoms with E-state index >= 15 is 0 Å². The summed E-state index contributed by atoms with van der Waals surface area (Å²) in [5, 5.41) is 28.4. The normalized spacial score (nSPS) is 14.7. The summed E-state index contributed by atoms with van der Waals surface area (Å²) in [5.74, 6) is -0.187. The third-order valence-electron chi connectivity index (χ3n) is 10.5. The molecule has 0 rings (SSSR count). The molecule has 0 radical (unpaired) electrons. The number of allylic oxidation sites excluding steroid dienone is 6. The molecule has 1 unspecified atom stereocenters. The maximum Gasteiger partial charge on any atom is 0.472 e. The van der Waals surface area contributed by atoms with Crippen LogP contribution in [0.4, 0.5) is 0 Å². The molecule has 0 aliphatic carbocycles. The summed E-state index contributed by atoms with van der Waals surface area (Å²) < 4.78 is 32.7. The first kappa shape index (κ1) is 59.9. The molecule has 0 saturated heterocycles. The first-order chi connectivity index (χ1) is 30.0. The van der Waals surface area contributed by atoms with E-state index in [1.807, 2.05) is 36.5 Å². The smallest absolute Gasteiger partial charge is 0.462 e. The Balaban J connectivity index is 4.32. The number of unbranched alkanes of at least 4 members (excludes halogenated alkanes) is 21. The number of phosphoric acid groups is 1. The Hall–Kier alpha value is -2.11. The minimum Gasteiger partial charge on any atom is -0.462 e. The van der Waals surface area contributed by atoms with Gasteiger partial charge >= 0.3 is 19.8 Å². The average Bonchev–Trinajstić information content (AvgIpc) is 3.24. The molecule has 0 heterocycles. The monoisotopic (exact) mass is 899 g/mol. The summed E-state index contributed by atoms with van der Waals surface area (Å²) >= 11 is 0. The van der Waals surface area contributed by atoms with Gasteiger partial charge in [-0.05, 0) is 50.9 Å². The van der Waals surface area contributed by atoms with Gasteiger partial charge in [0.25, 0.3) is 0 Å². The molecule has 0 saturated carbocycles. The quantitative estimate of drug-likeness (QED) is 0.0151. The molecule has 12 heteroatoms. The summed E-state index contributed by atoms with van der Waals surface area (Å²) in [5.41, 5.74) is 0. The van der Waals surface area contributed by atoms with Crippen molar-refractivity contribution in [2.45, 2.75) is 225 Å². The van der Waals surface area contributed by atoms with E-state index in [-0.39, 0.29) is 19.4 Å². The van der Waals surface area contributed by atoms with Gasteiger partial charge in [-0.2, -0.15) is 0 Å². The van der Waals surface area contributed by atoms with Crippen molar-refractivity contribution in [2.75, 3.05) is 26.4 Å². The number of phosphoric ester groups is 1. The second-order valence-electron chi connectivity index (χ2n) is 17.2. The number of carbonyl (C=O) groups excluding carboxylic acids is 2. The Morgan fingerprint density at radius 3 is 1.71 bits per heavy atom. The Bertz CT molecular complexity index is 1200. The number of aliphatic hydroxyl groups excluding tert-OH is 3. The van der Waals surface area contributed by atoms with Crippen LogP contribution in [0.5, 0.6) is 0 Å². The minimum atomic E-state index is -4.65. The first-order valence-corrected chi connectivity index (χ1v) is 26.1. The zero-order valence-electron chi connectivity index (χ0n) is 39.4. The van der Waals surface area contributed by atoms with Crippen molar-refractivity contribution in [3.63, 3.8) is 0 Å². The fourth-order valence-electron chi connectivity index (χ4n) is 6.67. The number of carbonyl (C=O) groups is 2. The van der Waals surface area contributed by atoms with Gasteiger partial charge in [0.15, 0.2) is 6.10 Å². The molecular weight excluding hydrogens is 808 g/mol. The molecular formula is C50H91O11P. The maximum atomic E-state index is 12.7. The van der Waals surface area contributed by atoms with Crippen molar-refractivity contribution in [1.29, 1.82) is 0 Å². The van der Waals surface area contributed by atoms with Crippen LogP contribution in [0.3, 0.4) is 0 Å². The molecule has 0 aromatic carbocycles. The highest BCUT2D eigenvalue weighted by Gasteiger charge is 2.27. The van der Waals surface area contributed by atoms with Crippen molar-refractivity contribution in [2.24, 2.45) is 5.92 Å². The molecule has 362 valence electrons. The summed E-state index contributed by atoms with van der Waals surface area (Å²) in [6.45, 7) is 4.57. The second kappa shape index (κ2) is 44.1. The number of aliphatic hydroxyl groups is 3. The van der Waals surface area contributed by atoms with Crippen LogP contribution >= 0.6 is 7.82 Å². The largest absolute Gasteiger partial charge is 0.472 e. The van der Waals surface area contributed by atoms with E-state index in [0.717, 1.165) is 31.6 Å². The van der Waals surface area contributed by atoms with Crippen molar-refractivity contribution >= 4 is 19.8 Å². The molecule has 0 aliphatic rings. The lowest BCUT2D eigenvalue weighted by molar-refractivity contribution is -0.161. The second-order valence-corrected chi connectivity index (χ2v) is 18.6. The van der Waals surface area contributed by atoms with E-state index in [1.165, 1.54) is 116 Å². The molecule has 0 aromatic rings. The third-order valence-corrected chi connectivity index (χ3v) is 11.4. The van der Waals surface area contributed by atoms with Crippen molar-refractivity contribution in [1.82, 2.24) is 0 Å². The van der Waals surface area contributed by atoms with Crippen LogP contribution in [0.25, 0.3) is 0 Å². The third kappa shape index (κ3) is 44.5. The topological polar surface area (TPSA) is 169 Å². The standard InChI is InChI=1S/C50H91O11P/c1-4-5-6-7-27-32-37-46(52)38-33-28-23-20-21-24-29-34-39-49(54)58-43-48(44-60-62(56,57)59-42-47(53)41-51)61-50(55)40-35-30-25-19-17-15-13-11-9-8-10-12-14-16-18-22-26-31-36-45(2)3/h21,23-24,27-28,32-33,38,45-48,51-53H,4-20,22,25-26,29-31,34-37,39-44H2,1-3H3,(H,56,57)/b24-21-,28-23-,32-27-,38-33+/t46-,47+,48-/m1/s1. The fraction of sp³-hybridized carbons (Fsp3) is 0.800. The first-order valence-electron chi connectivity index (χ1n) is 24.6. The van der Waals surface area contributed by atoms with E-state index in [1.54, 1.807) is 6.08 Å². The molecule has 0 aromatic heterocycles. The predicted octanol–water partition coefficient (Wildman–Crippen LogP) is 12.5. The van der Waals surface area contributed by atoms with Gasteiger partial charge < -0.3 is 29.7 Å². The highest BCUT2D eigenvalue weighted by molar-refractivity contribution is 7.47. The van der Waals surface area contributed by atoms with Gasteiger partial charge in [0.2, 0.25) is 0 Å². The highest BCUT2D eigenvalue weighted by Crippen LogP contribution is 2.43. The minimum absolute atomic E-state index is 0.134. The molecule has 4 atom stereocenters. The van der Waals surface area contributed by atoms with E-state index in [9.17, 15) is 29.3 Å². The van der Waals surface area contributed by atoms with Crippen LogP contribution in [0.2, 0.25) is 0 Å². The van der Waals surface area contributed by atoms with Crippen LogP contribution in [0.15, 0.2) is 48.6 Å². The number of esters is 2. The fourth-order valence-corrected chi connectivity index (χ4v) is 7.46. The van der Waals surface area contributed by atoms with Crippen LogP contribution in [-0.2, 0) is 32.7 Å². The number of rotatable bonds is 45. The van der Waals surface area contributed by atoms with Gasteiger partial charge in [-0.25, -0.2) is 4.57 Å². The summed E-state index contributed by atoms with van der Waals surface area (Å²) in [4.78, 5) is 35.1. The molecule has 0 spiro atoms. The average molecular weight is 899 g/mol. The zero-order chi connectivity index (χ0) is 45.8. The van der Waals surface area contributed by atoms with Crippen LogP contribution in [0, 0.1) is 5.92 Å². The Morgan fingerprint density at radius 1 is 0.597 bits per heavy atom. The molecule has 0 fully saturated rings. The molecule has 0 bridgehead atoms. The van der Waals surface area contributed by atoms with Gasteiger partial charge in [0.05, 0.1) is 25.9 Å². The number of ether oxygens (including phenoxy) is 2. The molecule has 11 nitrogen and oxygen atoms in total. The van der Waals surface area contributed by atoms with E-state index in [0.29, 0.717) is 32.1 Å². The Kier molecular flexibility index (Phi) is 42.6. The number of hydrogen-bond donors (Lipinski definition) is 4. The summed E-state index contributed by atoms with van der Waals surface area (Å²) in [6.07, 6.45) is 44.0. The molecule has 4 N–H and O–H groups in total. The number of hydrogen-bond acceptors (Lipinski definition) is 10. The lowest BCUT2D eigenvalue weighted by Crippen LogP contribution is -2.29. The molecule has 62 heavy (non-hydrogen) atoms. The van der Waals surface area contributed by atoms with Crippen LogP contribution in [0.1, 0.15) is 207 Å². The Morgan fingerprint density at radius 2 is 1.13 bits per heavy atom. The van der Waals surface area contributed by atoms with Gasteiger partial charge in [-0.1, -0.05) is 198 Å². The van der Waals surface area contributed by atoms with E-state index < -0.39 is 57.9 Å². The highest BCUT2D eigenvalue weighted by atomic mass is 31.2. The van der Waals surface area contributed by atoms with Gasteiger partial charge in [0, 0.05) is 12.8 Å². The van der Waals surface area contributed by atoms with Gasteiger partial charge in [-0.15, -0.1) is 0 Å². The zero-order valence-corrected chi connectivity index (χ0v) is 40.3. The SMILES string of the molecule is CCCCC/C=C\C[C@@H](O)/C=C/C=C\C/C=C\CCCC(=O)OC[C@H](COP(=O)(O)OC[C@@H](O)CO)OC(=O)CCCCCCCCCCCCCCCCCCCCC(C)C. The lowest BCUT2D eigenvalue weighted by atomic mass is 10.0. The molecule has 0 amide bonds. The lowest BCUT2D eigenvalue weighted by Gasteiger charge is -2.20. The molecule has 0 aliphatic heterocycles. The van der Waals surface area contributed by atoms with Gasteiger partial charge in [0.1, 0.15) is 12.7 Å². The summed E-state index contributed by atoms with van der Waals surface area (Å²) in [6, 6.07) is 0. The van der Waals surface area contributed by atoms with E-state index in [4.69, 9.17) is 23.6 Å². The van der Waals surface area contributed by atoms with Gasteiger partial charge in [-0.3, -0.25) is 18.6 Å². The van der Waals surface area contributed by atoms with E-state index in [2.05, 4.69) is 26.8 Å². The van der Waals surface area contributed by atoms with Crippen LogP contribution in [-0.4, -0.2) is 76.9 Å². The predicted molar refractivity (Wildman–Crippen MR) is 253 cm³/mol. The maximum absolute atomic E-state index is 12.7. The van der Waals surface area contributed by atoms with Crippen molar-refractivity contribution in [3.8, 4) is 0 Å². The van der Waals surface area contributed by atoms with Crippen molar-refractivity contribution < 1.29 is 52.9 Å². The van der Waals surface area contributed by atoms with Crippen LogP contribution < -0.4 is 0 Å². The Labute approximate surface area is 377 Å². The summed E-state index contributed by atoms with van der Waals surface area (Å²) in [7, 11) is -4.65.